The highest BCUT2D eigenvalue weighted by molar-refractivity contribution is 6.42. The van der Waals surface area contributed by atoms with Gasteiger partial charge in [0.25, 0.3) is 0 Å². The van der Waals surface area contributed by atoms with Crippen LogP contribution in [0.4, 0.5) is 0 Å². The number of hydrogen-bond acceptors (Lipinski definition) is 2. The fourth-order valence-corrected chi connectivity index (χ4v) is 1.79. The molecule has 1 aromatic carbocycles. The third-order valence-corrected chi connectivity index (χ3v) is 2.97. The molecule has 5 heteroatoms. The van der Waals surface area contributed by atoms with Crippen molar-refractivity contribution < 1.29 is 5.11 Å². The van der Waals surface area contributed by atoms with Gasteiger partial charge in [0, 0.05) is 24.5 Å². The summed E-state index contributed by atoms with van der Waals surface area (Å²) >= 11 is 11.8. The number of aliphatic hydroxyl groups excluding tert-OH is 1. The molecule has 0 unspecified atom stereocenters. The quantitative estimate of drug-likeness (QED) is 0.918. The van der Waals surface area contributed by atoms with Gasteiger partial charge in [-0.1, -0.05) is 23.2 Å². The molecular weight excluding hydrogens is 247 g/mol. The molecule has 0 bridgehead atoms. The van der Waals surface area contributed by atoms with Gasteiger partial charge in [-0.2, -0.15) is 0 Å². The van der Waals surface area contributed by atoms with E-state index < -0.39 is 0 Å². The summed E-state index contributed by atoms with van der Waals surface area (Å²) in [6.07, 6.45) is 3.50. The molecule has 1 aromatic heterocycles. The number of hydrogen-bond donors (Lipinski definition) is 1. The third kappa shape index (κ3) is 2.21. The Bertz CT molecular complexity index is 496. The van der Waals surface area contributed by atoms with Crippen LogP contribution in [0.5, 0.6) is 0 Å². The molecule has 0 aliphatic heterocycles. The number of aliphatic hydroxyl groups is 1. The normalized spacial score (nSPS) is 10.7. The van der Waals surface area contributed by atoms with Crippen LogP contribution in [0.25, 0.3) is 11.4 Å². The van der Waals surface area contributed by atoms with E-state index in [2.05, 4.69) is 4.98 Å². The first-order chi connectivity index (χ1) is 7.72. The van der Waals surface area contributed by atoms with Crippen LogP contribution in [0.15, 0.2) is 30.6 Å². The maximum atomic E-state index is 8.91. The lowest BCUT2D eigenvalue weighted by atomic mass is 10.2. The van der Waals surface area contributed by atoms with E-state index in [1.54, 1.807) is 18.3 Å². The third-order valence-electron chi connectivity index (χ3n) is 2.23. The summed E-state index contributed by atoms with van der Waals surface area (Å²) in [5, 5.41) is 9.93. The molecular formula is C11H10Cl2N2O. The lowest BCUT2D eigenvalue weighted by Crippen LogP contribution is -2.02. The zero-order valence-corrected chi connectivity index (χ0v) is 9.91. The molecule has 0 aliphatic carbocycles. The Balaban J connectivity index is 2.42. The van der Waals surface area contributed by atoms with Crippen LogP contribution in [-0.2, 0) is 6.54 Å². The highest BCUT2D eigenvalue weighted by Crippen LogP contribution is 2.27. The first-order valence-corrected chi connectivity index (χ1v) is 5.55. The molecule has 1 N–H and O–H groups in total. The summed E-state index contributed by atoms with van der Waals surface area (Å²) in [4.78, 5) is 4.23. The largest absolute Gasteiger partial charge is 0.395 e. The van der Waals surface area contributed by atoms with Crippen molar-refractivity contribution in [2.75, 3.05) is 6.61 Å². The van der Waals surface area contributed by atoms with E-state index in [-0.39, 0.29) is 6.61 Å². The van der Waals surface area contributed by atoms with Crippen molar-refractivity contribution in [3.63, 3.8) is 0 Å². The van der Waals surface area contributed by atoms with E-state index in [1.807, 2.05) is 16.8 Å². The Hall–Kier alpha value is -1.03. The average Bonchev–Trinajstić information content (AvgIpc) is 2.71. The second-order valence-corrected chi connectivity index (χ2v) is 4.11. The molecule has 3 nitrogen and oxygen atoms in total. The molecule has 84 valence electrons. The highest BCUT2D eigenvalue weighted by Gasteiger charge is 2.07. The first-order valence-electron chi connectivity index (χ1n) is 4.80. The van der Waals surface area contributed by atoms with Crippen molar-refractivity contribution in [1.82, 2.24) is 9.55 Å². The fourth-order valence-electron chi connectivity index (χ4n) is 1.49. The smallest absolute Gasteiger partial charge is 0.140 e. The van der Waals surface area contributed by atoms with Crippen molar-refractivity contribution in [2.45, 2.75) is 6.54 Å². The zero-order chi connectivity index (χ0) is 11.5. The van der Waals surface area contributed by atoms with Gasteiger partial charge in [0.2, 0.25) is 0 Å². The molecule has 1 heterocycles. The van der Waals surface area contributed by atoms with E-state index >= 15 is 0 Å². The van der Waals surface area contributed by atoms with Gasteiger partial charge in [0.15, 0.2) is 0 Å². The molecule has 2 aromatic rings. The van der Waals surface area contributed by atoms with Crippen LogP contribution in [0.2, 0.25) is 10.0 Å². The lowest BCUT2D eigenvalue weighted by Gasteiger charge is -2.06. The van der Waals surface area contributed by atoms with E-state index in [0.29, 0.717) is 16.6 Å². The Morgan fingerprint density at radius 3 is 2.75 bits per heavy atom. The molecule has 0 amide bonds. The number of imidazole rings is 1. The van der Waals surface area contributed by atoms with Crippen molar-refractivity contribution in [1.29, 1.82) is 0 Å². The number of aromatic nitrogens is 2. The Morgan fingerprint density at radius 1 is 1.25 bits per heavy atom. The van der Waals surface area contributed by atoms with Gasteiger partial charge in [-0.3, -0.25) is 0 Å². The minimum Gasteiger partial charge on any atom is -0.395 e. The number of benzene rings is 1. The second kappa shape index (κ2) is 4.87. The van der Waals surface area contributed by atoms with Crippen LogP contribution < -0.4 is 0 Å². The number of nitrogens with zero attached hydrogens (tertiary/aromatic N) is 2. The van der Waals surface area contributed by atoms with Gasteiger partial charge in [-0.05, 0) is 18.2 Å². The van der Waals surface area contributed by atoms with E-state index in [4.69, 9.17) is 28.3 Å². The van der Waals surface area contributed by atoms with Gasteiger partial charge < -0.3 is 9.67 Å². The molecule has 0 radical (unpaired) electrons. The minimum absolute atomic E-state index is 0.0741. The molecule has 0 saturated heterocycles. The standard InChI is InChI=1S/C11H10Cl2N2O/c12-9-2-1-8(7-10(9)13)11-14-3-4-15(11)5-6-16/h1-4,7,16H,5-6H2. The second-order valence-electron chi connectivity index (χ2n) is 3.30. The molecule has 2 rings (SSSR count). The number of halogens is 2. The molecule has 16 heavy (non-hydrogen) atoms. The summed E-state index contributed by atoms with van der Waals surface area (Å²) < 4.78 is 1.86. The minimum atomic E-state index is 0.0741. The monoisotopic (exact) mass is 256 g/mol. The van der Waals surface area contributed by atoms with Gasteiger partial charge in [0.1, 0.15) is 5.82 Å². The number of rotatable bonds is 3. The Morgan fingerprint density at radius 2 is 2.06 bits per heavy atom. The van der Waals surface area contributed by atoms with E-state index in [9.17, 15) is 0 Å². The van der Waals surface area contributed by atoms with Crippen LogP contribution in [0, 0.1) is 0 Å². The first kappa shape index (κ1) is 11.5. The highest BCUT2D eigenvalue weighted by atomic mass is 35.5. The zero-order valence-electron chi connectivity index (χ0n) is 8.40. The van der Waals surface area contributed by atoms with Gasteiger partial charge in [-0.25, -0.2) is 4.98 Å². The summed E-state index contributed by atoms with van der Waals surface area (Å²) in [6.45, 7) is 0.584. The predicted octanol–water partition coefficient (Wildman–Crippen LogP) is 2.85. The molecule has 0 spiro atoms. The maximum absolute atomic E-state index is 8.91. The average molecular weight is 257 g/mol. The predicted molar refractivity (Wildman–Crippen MR) is 64.8 cm³/mol. The van der Waals surface area contributed by atoms with Crippen molar-refractivity contribution in [3.05, 3.63) is 40.6 Å². The van der Waals surface area contributed by atoms with Crippen molar-refractivity contribution in [2.24, 2.45) is 0 Å². The van der Waals surface area contributed by atoms with Crippen LogP contribution in [0.3, 0.4) is 0 Å². The van der Waals surface area contributed by atoms with Gasteiger partial charge in [-0.15, -0.1) is 0 Å². The summed E-state index contributed by atoms with van der Waals surface area (Å²) in [5.41, 5.74) is 0.882. The van der Waals surface area contributed by atoms with Gasteiger partial charge >= 0.3 is 0 Å². The molecule has 0 saturated carbocycles. The van der Waals surface area contributed by atoms with Crippen LogP contribution in [-0.4, -0.2) is 21.3 Å². The Labute approximate surface area is 103 Å². The molecule has 0 aliphatic rings. The van der Waals surface area contributed by atoms with Crippen molar-refractivity contribution in [3.8, 4) is 11.4 Å². The van der Waals surface area contributed by atoms with E-state index in [0.717, 1.165) is 11.4 Å². The summed E-state index contributed by atoms with van der Waals surface area (Å²) in [7, 11) is 0. The van der Waals surface area contributed by atoms with Crippen LogP contribution in [0.1, 0.15) is 0 Å². The summed E-state index contributed by atoms with van der Waals surface area (Å²) in [6, 6.07) is 5.35. The topological polar surface area (TPSA) is 38.0 Å². The Kier molecular flexibility index (Phi) is 3.49. The van der Waals surface area contributed by atoms with Crippen molar-refractivity contribution >= 4 is 23.2 Å². The van der Waals surface area contributed by atoms with E-state index in [1.165, 1.54) is 0 Å². The fraction of sp³-hybridized carbons (Fsp3) is 0.182. The lowest BCUT2D eigenvalue weighted by molar-refractivity contribution is 0.276. The summed E-state index contributed by atoms with van der Waals surface area (Å²) in [5.74, 6) is 0.771. The SMILES string of the molecule is OCCn1ccnc1-c1ccc(Cl)c(Cl)c1. The molecule has 0 atom stereocenters. The van der Waals surface area contributed by atoms with Crippen LogP contribution >= 0.6 is 23.2 Å². The van der Waals surface area contributed by atoms with Gasteiger partial charge in [0.05, 0.1) is 16.7 Å². The molecule has 0 fully saturated rings. The maximum Gasteiger partial charge on any atom is 0.140 e.